The first kappa shape index (κ1) is 20.9. The molecular formula is C22H19ClN4O3S. The summed E-state index contributed by atoms with van der Waals surface area (Å²) in [4.78, 5) is 26.3. The SMILES string of the molecule is COc1ccccc1CC(=O)Nc1n[nH]c2sc(C(=O)NCc3ccc(Cl)cc3)cc12. The number of amides is 2. The molecule has 0 unspecified atom stereocenters. The van der Waals surface area contributed by atoms with Crippen LogP contribution in [0.15, 0.2) is 54.6 Å². The quantitative estimate of drug-likeness (QED) is 0.385. The second-order valence-electron chi connectivity index (χ2n) is 6.77. The third kappa shape index (κ3) is 4.87. The molecule has 0 fully saturated rings. The van der Waals surface area contributed by atoms with Gasteiger partial charge in [-0.15, -0.1) is 11.3 Å². The van der Waals surface area contributed by atoms with Gasteiger partial charge in [-0.05, 0) is 29.8 Å². The Kier molecular flexibility index (Phi) is 6.20. The summed E-state index contributed by atoms with van der Waals surface area (Å²) in [5.41, 5.74) is 1.73. The van der Waals surface area contributed by atoms with Crippen LogP contribution >= 0.6 is 22.9 Å². The lowest BCUT2D eigenvalue weighted by Gasteiger charge is -2.07. The molecule has 2 heterocycles. The van der Waals surface area contributed by atoms with Gasteiger partial charge in [-0.1, -0.05) is 41.9 Å². The van der Waals surface area contributed by atoms with Crippen LogP contribution in [0.4, 0.5) is 5.82 Å². The van der Waals surface area contributed by atoms with Crippen LogP contribution in [0, 0.1) is 0 Å². The average Bonchev–Trinajstić information content (AvgIpc) is 3.35. The van der Waals surface area contributed by atoms with E-state index < -0.39 is 0 Å². The maximum absolute atomic E-state index is 12.5. The fourth-order valence-electron chi connectivity index (χ4n) is 3.09. The molecule has 0 aliphatic carbocycles. The first-order valence-corrected chi connectivity index (χ1v) is 10.6. The largest absolute Gasteiger partial charge is 0.496 e. The van der Waals surface area contributed by atoms with Crippen LogP contribution in [0.2, 0.25) is 5.02 Å². The second kappa shape index (κ2) is 9.20. The number of nitrogens with one attached hydrogen (secondary N) is 3. The zero-order valence-electron chi connectivity index (χ0n) is 16.6. The van der Waals surface area contributed by atoms with Gasteiger partial charge in [-0.25, -0.2) is 0 Å². The number of anilines is 1. The molecule has 0 atom stereocenters. The lowest BCUT2D eigenvalue weighted by molar-refractivity contribution is -0.115. The van der Waals surface area contributed by atoms with Gasteiger partial charge in [-0.2, -0.15) is 5.10 Å². The summed E-state index contributed by atoms with van der Waals surface area (Å²) in [6.45, 7) is 0.391. The van der Waals surface area contributed by atoms with Gasteiger partial charge in [0.1, 0.15) is 10.6 Å². The lowest BCUT2D eigenvalue weighted by Crippen LogP contribution is -2.21. The number of aromatic amines is 1. The van der Waals surface area contributed by atoms with Crippen LogP contribution in [-0.4, -0.2) is 29.1 Å². The number of thiophene rings is 1. The monoisotopic (exact) mass is 454 g/mol. The number of para-hydroxylation sites is 1. The summed E-state index contributed by atoms with van der Waals surface area (Å²) < 4.78 is 5.29. The zero-order chi connectivity index (χ0) is 21.8. The lowest BCUT2D eigenvalue weighted by atomic mass is 10.1. The highest BCUT2D eigenvalue weighted by molar-refractivity contribution is 7.20. The van der Waals surface area contributed by atoms with E-state index >= 15 is 0 Å². The molecule has 7 nitrogen and oxygen atoms in total. The molecule has 0 radical (unpaired) electrons. The summed E-state index contributed by atoms with van der Waals surface area (Å²) in [6.07, 6.45) is 0.150. The van der Waals surface area contributed by atoms with E-state index in [2.05, 4.69) is 20.8 Å². The molecule has 0 spiro atoms. The number of carbonyl (C=O) groups excluding carboxylic acids is 2. The Morgan fingerprint density at radius 3 is 2.71 bits per heavy atom. The summed E-state index contributed by atoms with van der Waals surface area (Å²) in [6, 6.07) is 16.4. The molecule has 9 heteroatoms. The number of hydrogen-bond donors (Lipinski definition) is 3. The Hall–Kier alpha value is -3.36. The summed E-state index contributed by atoms with van der Waals surface area (Å²) in [5.74, 6) is 0.622. The van der Waals surface area contributed by atoms with Crippen molar-refractivity contribution >= 4 is 50.8 Å². The Morgan fingerprint density at radius 1 is 1.16 bits per heavy atom. The molecule has 31 heavy (non-hydrogen) atoms. The number of benzene rings is 2. The molecule has 4 rings (SSSR count). The highest BCUT2D eigenvalue weighted by Crippen LogP contribution is 2.29. The molecule has 0 aliphatic rings. The molecule has 0 saturated heterocycles. The molecule has 4 aromatic rings. The van der Waals surface area contributed by atoms with Crippen LogP contribution in [0.3, 0.4) is 0 Å². The van der Waals surface area contributed by atoms with Crippen molar-refractivity contribution in [1.29, 1.82) is 0 Å². The van der Waals surface area contributed by atoms with Gasteiger partial charge in [0.15, 0.2) is 5.82 Å². The first-order chi connectivity index (χ1) is 15.0. The van der Waals surface area contributed by atoms with Crippen molar-refractivity contribution in [3.63, 3.8) is 0 Å². The summed E-state index contributed by atoms with van der Waals surface area (Å²) >= 11 is 7.16. The van der Waals surface area contributed by atoms with Gasteiger partial charge in [0.05, 0.1) is 23.8 Å². The molecule has 0 aliphatic heterocycles. The highest BCUT2D eigenvalue weighted by Gasteiger charge is 2.17. The predicted molar refractivity (Wildman–Crippen MR) is 122 cm³/mol. The van der Waals surface area contributed by atoms with E-state index in [1.807, 2.05) is 36.4 Å². The van der Waals surface area contributed by atoms with Crippen molar-refractivity contribution in [3.8, 4) is 5.75 Å². The number of fused-ring (bicyclic) bond motifs is 1. The maximum atomic E-state index is 12.5. The van der Waals surface area contributed by atoms with Crippen LogP contribution < -0.4 is 15.4 Å². The second-order valence-corrected chi connectivity index (χ2v) is 8.26. The van der Waals surface area contributed by atoms with E-state index in [-0.39, 0.29) is 18.2 Å². The van der Waals surface area contributed by atoms with Gasteiger partial charge >= 0.3 is 0 Å². The van der Waals surface area contributed by atoms with E-state index in [0.29, 0.717) is 38.2 Å². The van der Waals surface area contributed by atoms with Gasteiger partial charge < -0.3 is 15.4 Å². The maximum Gasteiger partial charge on any atom is 0.261 e. The van der Waals surface area contributed by atoms with E-state index in [1.54, 1.807) is 25.3 Å². The first-order valence-electron chi connectivity index (χ1n) is 9.46. The van der Waals surface area contributed by atoms with Crippen molar-refractivity contribution in [3.05, 3.63) is 75.6 Å². The molecule has 2 amide bonds. The third-order valence-corrected chi connectivity index (χ3v) is 5.94. The number of rotatable bonds is 7. The van der Waals surface area contributed by atoms with Crippen LogP contribution in [0.5, 0.6) is 5.75 Å². The topological polar surface area (TPSA) is 96.1 Å². The molecule has 158 valence electrons. The van der Waals surface area contributed by atoms with Crippen LogP contribution in [0.1, 0.15) is 20.8 Å². The average molecular weight is 455 g/mol. The molecule has 3 N–H and O–H groups in total. The highest BCUT2D eigenvalue weighted by atomic mass is 35.5. The number of ether oxygens (including phenoxy) is 1. The Balaban J connectivity index is 1.42. The Bertz CT molecular complexity index is 1230. The van der Waals surface area contributed by atoms with Crippen LogP contribution in [-0.2, 0) is 17.8 Å². The number of H-pyrrole nitrogens is 1. The van der Waals surface area contributed by atoms with Gasteiger partial charge in [0, 0.05) is 17.1 Å². The number of methoxy groups -OCH3 is 1. The molecule has 2 aromatic heterocycles. The molecular weight excluding hydrogens is 436 g/mol. The molecule has 0 saturated carbocycles. The minimum Gasteiger partial charge on any atom is -0.496 e. The Labute approximate surface area is 187 Å². The van der Waals surface area contributed by atoms with Crippen molar-refractivity contribution < 1.29 is 14.3 Å². The number of hydrogen-bond acceptors (Lipinski definition) is 5. The number of nitrogens with zero attached hydrogens (tertiary/aromatic N) is 1. The molecule has 0 bridgehead atoms. The Morgan fingerprint density at radius 2 is 1.94 bits per heavy atom. The van der Waals surface area contributed by atoms with Crippen molar-refractivity contribution in [2.45, 2.75) is 13.0 Å². The van der Waals surface area contributed by atoms with E-state index in [4.69, 9.17) is 16.3 Å². The zero-order valence-corrected chi connectivity index (χ0v) is 18.1. The number of halogens is 1. The predicted octanol–water partition coefficient (Wildman–Crippen LogP) is 4.40. The van der Waals surface area contributed by atoms with Crippen molar-refractivity contribution in [1.82, 2.24) is 15.5 Å². The van der Waals surface area contributed by atoms with Crippen molar-refractivity contribution in [2.75, 3.05) is 12.4 Å². The number of carbonyl (C=O) groups is 2. The minimum atomic E-state index is -0.224. The summed E-state index contributed by atoms with van der Waals surface area (Å²) in [7, 11) is 1.57. The third-order valence-electron chi connectivity index (χ3n) is 4.65. The number of aromatic nitrogens is 2. The van der Waals surface area contributed by atoms with Gasteiger partial charge in [0.25, 0.3) is 5.91 Å². The fraction of sp³-hybridized carbons (Fsp3) is 0.136. The van der Waals surface area contributed by atoms with Crippen molar-refractivity contribution in [2.24, 2.45) is 0 Å². The molecule has 2 aromatic carbocycles. The summed E-state index contributed by atoms with van der Waals surface area (Å²) in [5, 5.41) is 14.1. The van der Waals surface area contributed by atoms with E-state index in [0.717, 1.165) is 11.1 Å². The van der Waals surface area contributed by atoms with E-state index in [9.17, 15) is 9.59 Å². The standard InChI is InChI=1S/C22H19ClN4O3S/c1-30-17-5-3-2-4-14(17)10-19(28)25-20-16-11-18(31-22(16)27-26-20)21(29)24-12-13-6-8-15(23)9-7-13/h2-9,11H,10,12H2,1H3,(H,24,29)(H2,25,26,27,28). The van der Waals surface area contributed by atoms with Gasteiger partial charge in [-0.3, -0.25) is 14.7 Å². The smallest absolute Gasteiger partial charge is 0.261 e. The van der Waals surface area contributed by atoms with Crippen LogP contribution in [0.25, 0.3) is 10.2 Å². The fourth-order valence-corrected chi connectivity index (χ4v) is 4.14. The minimum absolute atomic E-state index is 0.150. The van der Waals surface area contributed by atoms with E-state index in [1.165, 1.54) is 11.3 Å². The van der Waals surface area contributed by atoms with Gasteiger partial charge in [0.2, 0.25) is 5.91 Å². The normalized spacial score (nSPS) is 10.8.